The molecule has 12 nitrogen and oxygen atoms in total. The quantitative estimate of drug-likeness (QED) is 0.0291. The average molecular weight is 1260 g/mol. The summed E-state index contributed by atoms with van der Waals surface area (Å²) in [5, 5.41) is 1.60. The van der Waals surface area contributed by atoms with Gasteiger partial charge in [-0.2, -0.15) is 8.75 Å². The molecule has 4 aromatic heterocycles. The Kier molecular flexibility index (Phi) is 23.7. The van der Waals surface area contributed by atoms with Crippen molar-refractivity contribution < 1.29 is 37.9 Å². The fourth-order valence-corrected chi connectivity index (χ4v) is 10.2. The largest absolute Gasteiger partial charge is 0.491 e. The van der Waals surface area contributed by atoms with Crippen LogP contribution in [-0.4, -0.2) is 122 Å². The number of rotatable bonds is 26. The van der Waals surface area contributed by atoms with Crippen LogP contribution in [0, 0.1) is 47.4 Å². The topological polar surface area (TPSA) is 125 Å². The minimum Gasteiger partial charge on any atom is -0.491 e. The first kappa shape index (κ1) is 58.9. The SMILES string of the molecule is BrCCOCCOCCOCCOc1ccc(-c2nc3c(C#Cc4ccc(C#Cc5ccccc5)s4)c4nsnc4c(C#Cc4ccc(C#Cc5ccccc5)s4)c3nc2-c2ccc(OCCOCCOCCOCCBr)cc2)cc1. The van der Waals surface area contributed by atoms with Gasteiger partial charge in [0.15, 0.2) is 0 Å². The molecular formula is C64H54Br2N4O8S3. The van der Waals surface area contributed by atoms with Gasteiger partial charge in [-0.25, -0.2) is 9.97 Å². The maximum absolute atomic E-state index is 6.11. The zero-order valence-electron chi connectivity index (χ0n) is 44.1. The number of thiophene rings is 2. The third-order valence-electron chi connectivity index (χ3n) is 11.6. The molecule has 17 heteroatoms. The summed E-state index contributed by atoms with van der Waals surface area (Å²) in [6, 6.07) is 43.4. The summed E-state index contributed by atoms with van der Waals surface area (Å²) >= 11 is 10.8. The monoisotopic (exact) mass is 1260 g/mol. The summed E-state index contributed by atoms with van der Waals surface area (Å²) in [7, 11) is 0. The molecule has 0 N–H and O–H groups in total. The second-order valence-electron chi connectivity index (χ2n) is 17.2. The molecule has 0 radical (unpaired) electrons. The van der Waals surface area contributed by atoms with E-state index in [4.69, 9.17) is 56.6 Å². The minimum atomic E-state index is 0.361. The molecule has 0 fully saturated rings. The number of alkyl halides is 2. The van der Waals surface area contributed by atoms with Crippen molar-refractivity contribution >= 4 is 88.3 Å². The van der Waals surface area contributed by atoms with Gasteiger partial charge < -0.3 is 37.9 Å². The van der Waals surface area contributed by atoms with Crippen molar-refractivity contribution in [2.75, 3.05) is 103 Å². The number of ether oxygens (including phenoxy) is 8. The van der Waals surface area contributed by atoms with E-state index in [2.05, 4.69) is 79.2 Å². The Bertz CT molecular complexity index is 3460. The van der Waals surface area contributed by atoms with Crippen LogP contribution >= 0.6 is 66.3 Å². The van der Waals surface area contributed by atoms with Crippen LogP contribution in [0.2, 0.25) is 0 Å². The highest BCUT2D eigenvalue weighted by molar-refractivity contribution is 9.09. The number of fused-ring (bicyclic) bond motifs is 2. The zero-order chi connectivity index (χ0) is 55.5. The summed E-state index contributed by atoms with van der Waals surface area (Å²) in [6.07, 6.45) is 0. The number of halogens is 2. The van der Waals surface area contributed by atoms with E-state index in [1.54, 1.807) is 0 Å². The molecule has 0 saturated heterocycles. The molecule has 9 rings (SSSR count). The highest BCUT2D eigenvalue weighted by atomic mass is 79.9. The van der Waals surface area contributed by atoms with E-state index in [-0.39, 0.29) is 0 Å². The van der Waals surface area contributed by atoms with Crippen molar-refractivity contribution in [3.8, 4) is 81.4 Å². The average Bonchev–Trinajstić information content (AvgIpc) is 4.51. The van der Waals surface area contributed by atoms with Crippen LogP contribution in [0.15, 0.2) is 133 Å². The maximum atomic E-state index is 6.11. The van der Waals surface area contributed by atoms with Crippen molar-refractivity contribution in [2.24, 2.45) is 0 Å². The first-order chi connectivity index (χ1) is 40.1. The summed E-state index contributed by atoms with van der Waals surface area (Å²) in [5.41, 5.74) is 8.15. The number of hydrogen-bond acceptors (Lipinski definition) is 15. The van der Waals surface area contributed by atoms with Crippen LogP contribution in [0.5, 0.6) is 11.5 Å². The van der Waals surface area contributed by atoms with Gasteiger partial charge in [0.25, 0.3) is 0 Å². The molecule has 0 aliphatic rings. The Balaban J connectivity index is 1.04. The Morgan fingerprint density at radius 1 is 0.333 bits per heavy atom. The lowest BCUT2D eigenvalue weighted by Crippen LogP contribution is -2.13. The molecule has 0 saturated carbocycles. The van der Waals surface area contributed by atoms with E-state index in [9.17, 15) is 0 Å². The van der Waals surface area contributed by atoms with Gasteiger partial charge in [-0.05, 0) is 97.1 Å². The highest BCUT2D eigenvalue weighted by Crippen LogP contribution is 2.37. The molecule has 5 aromatic carbocycles. The number of aromatic nitrogens is 4. The van der Waals surface area contributed by atoms with Crippen LogP contribution in [0.1, 0.15) is 41.8 Å². The summed E-state index contributed by atoms with van der Waals surface area (Å²) < 4.78 is 55.5. The lowest BCUT2D eigenvalue weighted by Gasteiger charge is -2.14. The van der Waals surface area contributed by atoms with Gasteiger partial charge >= 0.3 is 0 Å². The first-order valence-electron chi connectivity index (χ1n) is 26.0. The molecular weight excluding hydrogens is 1210 g/mol. The molecule has 0 unspecified atom stereocenters. The lowest BCUT2D eigenvalue weighted by molar-refractivity contribution is 0.0119. The molecule has 0 amide bonds. The number of hydrogen-bond donors (Lipinski definition) is 0. The maximum Gasteiger partial charge on any atom is 0.124 e. The van der Waals surface area contributed by atoms with E-state index >= 15 is 0 Å². The highest BCUT2D eigenvalue weighted by Gasteiger charge is 2.23. The molecule has 81 heavy (non-hydrogen) atoms. The Labute approximate surface area is 501 Å². The summed E-state index contributed by atoms with van der Waals surface area (Å²) in [4.78, 5) is 14.5. The van der Waals surface area contributed by atoms with Crippen molar-refractivity contribution in [3.63, 3.8) is 0 Å². The third kappa shape index (κ3) is 18.1. The van der Waals surface area contributed by atoms with Gasteiger partial charge in [-0.3, -0.25) is 0 Å². The zero-order valence-corrected chi connectivity index (χ0v) is 49.7. The van der Waals surface area contributed by atoms with Gasteiger partial charge in [0.05, 0.1) is 133 Å². The van der Waals surface area contributed by atoms with Gasteiger partial charge in [0.2, 0.25) is 0 Å². The molecule has 0 aliphatic heterocycles. The molecule has 9 aromatic rings. The number of nitrogens with zero attached hydrogens (tertiary/aromatic N) is 4. The van der Waals surface area contributed by atoms with E-state index in [1.807, 2.05) is 133 Å². The smallest absolute Gasteiger partial charge is 0.124 e. The van der Waals surface area contributed by atoms with Crippen LogP contribution in [0.25, 0.3) is 44.6 Å². The first-order valence-corrected chi connectivity index (χ1v) is 30.6. The van der Waals surface area contributed by atoms with Gasteiger partial charge in [0, 0.05) is 32.9 Å². The minimum absolute atomic E-state index is 0.361. The second-order valence-corrected chi connectivity index (χ2v) is 21.5. The summed E-state index contributed by atoms with van der Waals surface area (Å²) in [5.74, 6) is 28.2. The van der Waals surface area contributed by atoms with E-state index < -0.39 is 0 Å². The normalized spacial score (nSPS) is 10.8. The van der Waals surface area contributed by atoms with E-state index in [1.165, 1.54) is 22.7 Å². The molecule has 0 aliphatic carbocycles. The molecule has 4 heterocycles. The molecule has 0 spiro atoms. The second kappa shape index (κ2) is 32.6. The Morgan fingerprint density at radius 3 is 1.02 bits per heavy atom. The van der Waals surface area contributed by atoms with Crippen LogP contribution < -0.4 is 9.47 Å². The van der Waals surface area contributed by atoms with Crippen LogP contribution in [-0.2, 0) is 28.4 Å². The fraction of sp³-hybridized carbons (Fsp3) is 0.250. The predicted molar refractivity (Wildman–Crippen MR) is 330 cm³/mol. The van der Waals surface area contributed by atoms with Crippen LogP contribution in [0.4, 0.5) is 0 Å². The van der Waals surface area contributed by atoms with Crippen LogP contribution in [0.3, 0.4) is 0 Å². The molecule has 0 atom stereocenters. The number of benzene rings is 5. The Hall–Kier alpha value is -6.78. The van der Waals surface area contributed by atoms with Crippen molar-refractivity contribution in [2.45, 2.75) is 0 Å². The molecule has 410 valence electrons. The third-order valence-corrected chi connectivity index (χ3v) is 14.6. The van der Waals surface area contributed by atoms with Crippen molar-refractivity contribution in [1.82, 2.24) is 18.7 Å². The standard InChI is InChI=1S/C64H54Br2N4O8S3/c65-31-33-71-35-37-73-39-41-75-43-45-77-51-17-13-49(14-18-51)59-60(50-15-19-52(20-16-50)78-46-44-76-42-40-74-38-36-72-34-32-66)68-62-58(30-28-56-26-24-54(80-56)22-12-48-9-5-2-6-10-48)64-63(69-81-70-64)57(61(62)67-59)29-27-55-25-23-53(79-55)21-11-47-7-3-1-4-8-47/h1-10,13-20,23-26H,31-46H2. The summed E-state index contributed by atoms with van der Waals surface area (Å²) in [6.45, 7) is 6.83. The van der Waals surface area contributed by atoms with Crippen molar-refractivity contribution in [3.05, 3.63) is 175 Å². The van der Waals surface area contributed by atoms with E-state index in [0.29, 0.717) is 149 Å². The molecule has 0 bridgehead atoms. The fourth-order valence-electron chi connectivity index (χ4n) is 7.72. The predicted octanol–water partition coefficient (Wildman–Crippen LogP) is 12.3. The lowest BCUT2D eigenvalue weighted by atomic mass is 10.00. The van der Waals surface area contributed by atoms with E-state index in [0.717, 1.165) is 64.2 Å². The van der Waals surface area contributed by atoms with Gasteiger partial charge in [-0.1, -0.05) is 116 Å². The van der Waals surface area contributed by atoms with Crippen molar-refractivity contribution in [1.29, 1.82) is 0 Å². The van der Waals surface area contributed by atoms with Gasteiger partial charge in [0.1, 0.15) is 46.8 Å². The Morgan fingerprint density at radius 2 is 0.667 bits per heavy atom. The van der Waals surface area contributed by atoms with Gasteiger partial charge in [-0.15, -0.1) is 22.7 Å².